The number of benzene rings is 3. The van der Waals surface area contributed by atoms with Crippen LogP contribution in [0.2, 0.25) is 5.02 Å². The standard InChI is InChI=1S/C29H24ClN3O3/c1-18-28(29(20-10-6-3-7-11-20)22-16-21(30)12-13-23(22)31-18)24-17-25(19-8-4-2-5-9-19)33(32-24)26(34)14-15-27(35)36/h2-13,16,25H,14-15,17H2,1H3,(H,35,36)/t25-/m1/s1. The number of nitrogens with zero attached hydrogens (tertiary/aromatic N) is 3. The number of pyridine rings is 1. The fraction of sp³-hybridized carbons (Fsp3) is 0.172. The van der Waals surface area contributed by atoms with Gasteiger partial charge in [0.15, 0.2) is 0 Å². The normalized spacial score (nSPS) is 15.2. The largest absolute Gasteiger partial charge is 0.481 e. The average molecular weight is 498 g/mol. The third-order valence-corrected chi connectivity index (χ3v) is 6.62. The molecule has 5 rings (SSSR count). The van der Waals surface area contributed by atoms with Gasteiger partial charge in [0.05, 0.1) is 23.7 Å². The van der Waals surface area contributed by atoms with Crippen molar-refractivity contribution in [1.82, 2.24) is 9.99 Å². The number of hydrogen-bond acceptors (Lipinski definition) is 4. The number of rotatable bonds is 6. The number of amides is 1. The molecule has 1 atom stereocenters. The zero-order valence-electron chi connectivity index (χ0n) is 19.7. The van der Waals surface area contributed by atoms with Gasteiger partial charge in [-0.2, -0.15) is 5.10 Å². The molecule has 180 valence electrons. The number of fused-ring (bicyclic) bond motifs is 1. The molecule has 1 N–H and O–H groups in total. The van der Waals surface area contributed by atoms with Crippen LogP contribution in [0.3, 0.4) is 0 Å². The minimum absolute atomic E-state index is 0.119. The molecule has 0 unspecified atom stereocenters. The molecule has 4 aromatic rings. The topological polar surface area (TPSA) is 82.9 Å². The summed E-state index contributed by atoms with van der Waals surface area (Å²) in [6.07, 6.45) is 0.120. The number of halogens is 1. The van der Waals surface area contributed by atoms with E-state index in [1.165, 1.54) is 5.01 Å². The number of aromatic nitrogens is 1. The maximum atomic E-state index is 13.1. The molecule has 0 saturated carbocycles. The highest BCUT2D eigenvalue weighted by Gasteiger charge is 2.35. The molecule has 0 fully saturated rings. The Morgan fingerprint density at radius 1 is 0.972 bits per heavy atom. The van der Waals surface area contributed by atoms with Gasteiger partial charge >= 0.3 is 5.97 Å². The number of carbonyl (C=O) groups excluding carboxylic acids is 1. The second-order valence-corrected chi connectivity index (χ2v) is 9.22. The molecular weight excluding hydrogens is 474 g/mol. The van der Waals surface area contributed by atoms with Gasteiger partial charge in [-0.05, 0) is 36.2 Å². The molecule has 0 aliphatic carbocycles. The molecule has 2 heterocycles. The molecule has 36 heavy (non-hydrogen) atoms. The second-order valence-electron chi connectivity index (χ2n) is 8.78. The van der Waals surface area contributed by atoms with Crippen molar-refractivity contribution in [3.63, 3.8) is 0 Å². The van der Waals surface area contributed by atoms with Gasteiger partial charge in [0.2, 0.25) is 5.91 Å². The number of aliphatic carboxylic acids is 1. The molecule has 1 aromatic heterocycles. The van der Waals surface area contributed by atoms with Crippen LogP contribution in [0.25, 0.3) is 22.0 Å². The van der Waals surface area contributed by atoms with Crippen LogP contribution < -0.4 is 0 Å². The van der Waals surface area contributed by atoms with Gasteiger partial charge in [-0.15, -0.1) is 0 Å². The van der Waals surface area contributed by atoms with Crippen LogP contribution in [0.4, 0.5) is 0 Å². The lowest BCUT2D eigenvalue weighted by molar-refractivity contribution is -0.141. The van der Waals surface area contributed by atoms with E-state index in [0.717, 1.165) is 44.6 Å². The highest BCUT2D eigenvalue weighted by Crippen LogP contribution is 2.40. The van der Waals surface area contributed by atoms with Gasteiger partial charge in [-0.3, -0.25) is 14.6 Å². The summed E-state index contributed by atoms with van der Waals surface area (Å²) in [5.41, 5.74) is 6.13. The van der Waals surface area contributed by atoms with Gasteiger partial charge in [0.1, 0.15) is 0 Å². The molecule has 0 bridgehead atoms. The summed E-state index contributed by atoms with van der Waals surface area (Å²) in [5, 5.41) is 16.9. The summed E-state index contributed by atoms with van der Waals surface area (Å²) in [5.74, 6) is -1.34. The molecule has 1 aliphatic heterocycles. The number of aryl methyl sites for hydroxylation is 1. The SMILES string of the molecule is Cc1nc2ccc(Cl)cc2c(-c2ccccc2)c1C1=NN(C(=O)CCC(=O)O)[C@@H](c2ccccc2)C1. The first-order valence-electron chi connectivity index (χ1n) is 11.7. The van der Waals surface area contributed by atoms with Crippen LogP contribution in [0.5, 0.6) is 0 Å². The van der Waals surface area contributed by atoms with Crippen LogP contribution >= 0.6 is 11.6 Å². The van der Waals surface area contributed by atoms with Crippen molar-refractivity contribution in [1.29, 1.82) is 0 Å². The van der Waals surface area contributed by atoms with Gasteiger partial charge in [-0.1, -0.05) is 72.3 Å². The maximum absolute atomic E-state index is 13.1. The summed E-state index contributed by atoms with van der Waals surface area (Å²) in [6, 6.07) is 25.0. The van der Waals surface area contributed by atoms with Crippen LogP contribution in [0, 0.1) is 6.92 Å². The molecule has 1 amide bonds. The van der Waals surface area contributed by atoms with Gasteiger partial charge < -0.3 is 5.11 Å². The highest BCUT2D eigenvalue weighted by molar-refractivity contribution is 6.31. The lowest BCUT2D eigenvalue weighted by Crippen LogP contribution is -2.27. The third-order valence-electron chi connectivity index (χ3n) is 6.38. The summed E-state index contributed by atoms with van der Waals surface area (Å²) in [7, 11) is 0. The molecule has 0 radical (unpaired) electrons. The van der Waals surface area contributed by atoms with Crippen molar-refractivity contribution < 1.29 is 14.7 Å². The predicted octanol–water partition coefficient (Wildman–Crippen LogP) is 6.41. The Bertz CT molecular complexity index is 1490. The minimum atomic E-state index is -1.01. The van der Waals surface area contributed by atoms with E-state index in [-0.39, 0.29) is 24.8 Å². The molecule has 0 spiro atoms. The highest BCUT2D eigenvalue weighted by atomic mass is 35.5. The summed E-state index contributed by atoms with van der Waals surface area (Å²) < 4.78 is 0. The first-order valence-corrected chi connectivity index (χ1v) is 12.1. The second kappa shape index (κ2) is 9.91. The molecule has 0 saturated heterocycles. The number of carbonyl (C=O) groups is 2. The summed E-state index contributed by atoms with van der Waals surface area (Å²) >= 11 is 6.40. The van der Waals surface area contributed by atoms with Crippen molar-refractivity contribution in [3.05, 3.63) is 101 Å². The zero-order chi connectivity index (χ0) is 25.2. The Balaban J connectivity index is 1.69. The number of carboxylic acid groups (broad SMARTS) is 1. The van der Waals surface area contributed by atoms with Gasteiger partial charge in [0.25, 0.3) is 0 Å². The van der Waals surface area contributed by atoms with Crippen molar-refractivity contribution in [2.24, 2.45) is 5.10 Å². The Morgan fingerprint density at radius 3 is 2.36 bits per heavy atom. The quantitative estimate of drug-likeness (QED) is 0.334. The summed E-state index contributed by atoms with van der Waals surface area (Å²) in [4.78, 5) is 29.1. The average Bonchev–Trinajstić information content (AvgIpc) is 3.33. The van der Waals surface area contributed by atoms with E-state index in [0.29, 0.717) is 11.4 Å². The Labute approximate surface area is 213 Å². The van der Waals surface area contributed by atoms with Crippen molar-refractivity contribution in [2.45, 2.75) is 32.2 Å². The van der Waals surface area contributed by atoms with Crippen molar-refractivity contribution in [2.75, 3.05) is 0 Å². The number of hydrazone groups is 1. The van der Waals surface area contributed by atoms with E-state index >= 15 is 0 Å². The smallest absolute Gasteiger partial charge is 0.303 e. The Hall–Kier alpha value is -4.03. The number of carboxylic acids is 1. The van der Waals surface area contributed by atoms with E-state index in [9.17, 15) is 9.59 Å². The Kier molecular flexibility index (Phi) is 6.53. The first-order chi connectivity index (χ1) is 17.4. The van der Waals surface area contributed by atoms with Crippen molar-refractivity contribution >= 4 is 40.1 Å². The Morgan fingerprint density at radius 2 is 1.67 bits per heavy atom. The van der Waals surface area contributed by atoms with Crippen LogP contribution in [-0.4, -0.2) is 32.7 Å². The minimum Gasteiger partial charge on any atom is -0.481 e. The number of hydrogen-bond donors (Lipinski definition) is 1. The fourth-order valence-electron chi connectivity index (χ4n) is 4.77. The lowest BCUT2D eigenvalue weighted by atomic mass is 9.89. The third kappa shape index (κ3) is 4.60. The molecule has 6 nitrogen and oxygen atoms in total. The maximum Gasteiger partial charge on any atom is 0.303 e. The molecule has 3 aromatic carbocycles. The lowest BCUT2D eigenvalue weighted by Gasteiger charge is -2.21. The van der Waals surface area contributed by atoms with Crippen LogP contribution in [-0.2, 0) is 9.59 Å². The van der Waals surface area contributed by atoms with E-state index in [2.05, 4.69) is 0 Å². The van der Waals surface area contributed by atoms with Crippen molar-refractivity contribution in [3.8, 4) is 11.1 Å². The fourth-order valence-corrected chi connectivity index (χ4v) is 4.94. The molecule has 7 heteroatoms. The monoisotopic (exact) mass is 497 g/mol. The zero-order valence-corrected chi connectivity index (χ0v) is 20.4. The van der Waals surface area contributed by atoms with Crippen LogP contribution in [0.1, 0.15) is 42.1 Å². The predicted molar refractivity (Wildman–Crippen MR) is 141 cm³/mol. The summed E-state index contributed by atoms with van der Waals surface area (Å²) in [6.45, 7) is 1.95. The molecule has 1 aliphatic rings. The van der Waals surface area contributed by atoms with Gasteiger partial charge in [0, 0.05) is 40.1 Å². The first kappa shape index (κ1) is 23.7. The van der Waals surface area contributed by atoms with Crippen LogP contribution in [0.15, 0.2) is 84.0 Å². The van der Waals surface area contributed by atoms with E-state index in [1.54, 1.807) is 0 Å². The molecular formula is C29H24ClN3O3. The van der Waals surface area contributed by atoms with E-state index in [1.807, 2.05) is 85.8 Å². The van der Waals surface area contributed by atoms with E-state index in [4.69, 9.17) is 26.8 Å². The van der Waals surface area contributed by atoms with E-state index < -0.39 is 5.97 Å². The van der Waals surface area contributed by atoms with Gasteiger partial charge in [-0.25, -0.2) is 5.01 Å².